The predicted molar refractivity (Wildman–Crippen MR) is 163 cm³/mol. The topological polar surface area (TPSA) is 87.1 Å². The molecule has 9 nitrogen and oxygen atoms in total. The minimum atomic E-state index is 0.166. The quantitative estimate of drug-likeness (QED) is 0.191. The average molecular weight is 615 g/mol. The third kappa shape index (κ3) is 7.67. The van der Waals surface area contributed by atoms with Crippen molar-refractivity contribution < 1.29 is 0 Å². The molecule has 3 aromatic carbocycles. The third-order valence-electron chi connectivity index (χ3n) is 5.56. The highest BCUT2D eigenvalue weighted by molar-refractivity contribution is 6.31. The molecule has 2 aromatic heterocycles. The van der Waals surface area contributed by atoms with E-state index >= 15 is 0 Å². The van der Waals surface area contributed by atoms with Crippen LogP contribution in [-0.4, -0.2) is 51.0 Å². The van der Waals surface area contributed by atoms with Crippen molar-refractivity contribution in [2.75, 3.05) is 35.8 Å². The van der Waals surface area contributed by atoms with Gasteiger partial charge in [-0.1, -0.05) is 53.0 Å². The van der Waals surface area contributed by atoms with Crippen LogP contribution in [0.25, 0.3) is 0 Å². The Balaban J connectivity index is 0.000000201. The molecule has 2 heterocycles. The first kappa shape index (κ1) is 29.2. The summed E-state index contributed by atoms with van der Waals surface area (Å²) >= 11 is 23.7. The van der Waals surface area contributed by atoms with Crippen LogP contribution in [0.4, 0.5) is 34.9 Å². The molecule has 5 aromatic rings. The highest BCUT2D eigenvalue weighted by Gasteiger charge is 2.13. The summed E-state index contributed by atoms with van der Waals surface area (Å²) in [5.41, 5.74) is 2.67. The van der Waals surface area contributed by atoms with Crippen LogP contribution in [0.2, 0.25) is 20.4 Å². The van der Waals surface area contributed by atoms with Crippen molar-refractivity contribution in [3.8, 4) is 0 Å². The van der Waals surface area contributed by atoms with Gasteiger partial charge in [-0.3, -0.25) is 0 Å². The Kier molecular flexibility index (Phi) is 9.89. The minimum absolute atomic E-state index is 0.166. The van der Waals surface area contributed by atoms with Crippen LogP contribution in [0.5, 0.6) is 0 Å². The van der Waals surface area contributed by atoms with Crippen molar-refractivity contribution in [1.82, 2.24) is 29.9 Å². The second-order valence-electron chi connectivity index (χ2n) is 8.26. The van der Waals surface area contributed by atoms with E-state index in [1.807, 2.05) is 97.7 Å². The van der Waals surface area contributed by atoms with Crippen LogP contribution in [0.15, 0.2) is 85.5 Å². The van der Waals surface area contributed by atoms with Gasteiger partial charge in [0.1, 0.15) is 12.7 Å². The fourth-order valence-corrected chi connectivity index (χ4v) is 4.11. The van der Waals surface area contributed by atoms with Crippen LogP contribution in [0.3, 0.4) is 0 Å². The van der Waals surface area contributed by atoms with Gasteiger partial charge in [0.25, 0.3) is 0 Å². The van der Waals surface area contributed by atoms with Gasteiger partial charge in [-0.05, 0) is 66.2 Å². The van der Waals surface area contributed by atoms with E-state index in [4.69, 9.17) is 46.4 Å². The molecule has 0 atom stereocenters. The number of aromatic nitrogens is 6. The summed E-state index contributed by atoms with van der Waals surface area (Å²) in [6.07, 6.45) is 2.85. The van der Waals surface area contributed by atoms with Crippen molar-refractivity contribution in [1.29, 1.82) is 0 Å². The zero-order chi connectivity index (χ0) is 28.6. The molecule has 13 heteroatoms. The second-order valence-corrected chi connectivity index (χ2v) is 9.90. The molecule has 0 saturated heterocycles. The largest absolute Gasteiger partial charge is 0.313 e. The van der Waals surface area contributed by atoms with Gasteiger partial charge in [-0.2, -0.15) is 9.97 Å². The number of hydrogen-bond acceptors (Lipinski definition) is 9. The van der Waals surface area contributed by atoms with Crippen molar-refractivity contribution >= 4 is 81.3 Å². The molecule has 0 aliphatic carbocycles. The molecule has 40 heavy (non-hydrogen) atoms. The Bertz CT molecular complexity index is 1480. The van der Waals surface area contributed by atoms with Gasteiger partial charge in [0.2, 0.25) is 23.1 Å². The molecule has 0 radical (unpaired) electrons. The average Bonchev–Trinajstić information content (AvgIpc) is 2.96. The first-order valence-corrected chi connectivity index (χ1v) is 13.2. The maximum absolute atomic E-state index is 6.05. The molecule has 204 valence electrons. The minimum Gasteiger partial charge on any atom is -0.313 e. The maximum Gasteiger partial charge on any atom is 0.234 e. The van der Waals surface area contributed by atoms with Gasteiger partial charge < -0.3 is 14.7 Å². The predicted octanol–water partition coefficient (Wildman–Crippen LogP) is 7.66. The summed E-state index contributed by atoms with van der Waals surface area (Å²) in [6.45, 7) is 0. The van der Waals surface area contributed by atoms with E-state index in [9.17, 15) is 0 Å². The molecule has 0 aliphatic rings. The number of halogens is 4. The first-order chi connectivity index (χ1) is 19.2. The van der Waals surface area contributed by atoms with E-state index in [1.54, 1.807) is 11.0 Å². The Labute approximate surface area is 252 Å². The zero-order valence-corrected chi connectivity index (χ0v) is 24.6. The summed E-state index contributed by atoms with van der Waals surface area (Å²) in [4.78, 5) is 30.3. The maximum atomic E-state index is 6.05. The highest BCUT2D eigenvalue weighted by atomic mass is 35.5. The van der Waals surface area contributed by atoms with E-state index in [-0.39, 0.29) is 5.28 Å². The van der Waals surface area contributed by atoms with Gasteiger partial charge in [0.15, 0.2) is 0 Å². The fraction of sp³-hybridized carbons (Fsp3) is 0.111. The lowest BCUT2D eigenvalue weighted by molar-refractivity contribution is 0.950. The molecule has 5 rings (SSSR count). The second kappa shape index (κ2) is 13.5. The third-order valence-corrected chi connectivity index (χ3v) is 6.45. The Hall–Kier alpha value is -3.76. The van der Waals surface area contributed by atoms with Gasteiger partial charge >= 0.3 is 0 Å². The normalized spacial score (nSPS) is 10.4. The molecular weight excluding hydrogens is 592 g/mol. The van der Waals surface area contributed by atoms with Crippen molar-refractivity contribution in [2.45, 2.75) is 0 Å². The summed E-state index contributed by atoms with van der Waals surface area (Å²) in [5.74, 6) is 1.52. The molecule has 0 fully saturated rings. The highest BCUT2D eigenvalue weighted by Crippen LogP contribution is 2.27. The van der Waals surface area contributed by atoms with Crippen LogP contribution < -0.4 is 14.7 Å². The number of nitrogens with zero attached hydrogens (tertiary/aromatic N) is 9. The summed E-state index contributed by atoms with van der Waals surface area (Å²) < 4.78 is 0. The summed E-state index contributed by atoms with van der Waals surface area (Å²) in [7, 11) is 5.59. The smallest absolute Gasteiger partial charge is 0.234 e. The number of rotatable bonds is 6. The molecule has 0 N–H and O–H groups in total. The van der Waals surface area contributed by atoms with Crippen molar-refractivity contribution in [3.05, 3.63) is 106 Å². The Morgan fingerprint density at radius 1 is 0.475 bits per heavy atom. The van der Waals surface area contributed by atoms with E-state index in [0.717, 1.165) is 17.1 Å². The van der Waals surface area contributed by atoms with Gasteiger partial charge in [-0.15, -0.1) is 0 Å². The van der Waals surface area contributed by atoms with Crippen LogP contribution in [0.1, 0.15) is 0 Å². The number of benzene rings is 3. The standard InChI is InChI=1S/C17H15Cl2N5.C10H8Cl2N4/c1-23(14-7-3-5-12(18)9-14)16-20-11-21-17(22-16)24(2)15-8-4-6-13(19)10-15;1-16(8-4-2-3-7(11)5-8)10-14-6-13-9(12)15-10/h3-11H,1-2H3;2-6H,1H3. The van der Waals surface area contributed by atoms with Crippen molar-refractivity contribution in [2.24, 2.45) is 0 Å². The lowest BCUT2D eigenvalue weighted by atomic mass is 10.3. The number of hydrogen-bond donors (Lipinski definition) is 0. The molecule has 0 unspecified atom stereocenters. The fourth-order valence-electron chi connectivity index (χ4n) is 3.43. The van der Waals surface area contributed by atoms with Crippen LogP contribution in [0, 0.1) is 0 Å². The molecule has 0 amide bonds. The van der Waals surface area contributed by atoms with Crippen molar-refractivity contribution in [3.63, 3.8) is 0 Å². The SMILES string of the molecule is CN(c1cccc(Cl)c1)c1ncnc(Cl)n1.CN(c1cccc(Cl)c1)c1ncnc(N(C)c2cccc(Cl)c2)n1. The van der Waals surface area contributed by atoms with Crippen LogP contribution >= 0.6 is 46.4 Å². The van der Waals surface area contributed by atoms with E-state index in [0.29, 0.717) is 32.9 Å². The number of anilines is 6. The monoisotopic (exact) mass is 613 g/mol. The Morgan fingerprint density at radius 2 is 0.825 bits per heavy atom. The molecule has 0 saturated carbocycles. The molecule has 0 spiro atoms. The zero-order valence-electron chi connectivity index (χ0n) is 21.6. The van der Waals surface area contributed by atoms with E-state index in [1.165, 1.54) is 12.7 Å². The van der Waals surface area contributed by atoms with Gasteiger partial charge in [-0.25, -0.2) is 19.9 Å². The summed E-state index contributed by atoms with van der Waals surface area (Å²) in [6, 6.07) is 22.4. The van der Waals surface area contributed by atoms with Crippen LogP contribution in [-0.2, 0) is 0 Å². The lowest BCUT2D eigenvalue weighted by Gasteiger charge is -2.21. The van der Waals surface area contributed by atoms with Gasteiger partial charge in [0.05, 0.1) is 0 Å². The summed E-state index contributed by atoms with van der Waals surface area (Å²) in [5, 5.41) is 2.14. The molecule has 0 bridgehead atoms. The first-order valence-electron chi connectivity index (χ1n) is 11.7. The molecule has 0 aliphatic heterocycles. The molecular formula is C27H23Cl4N9. The lowest BCUT2D eigenvalue weighted by Crippen LogP contribution is -2.18. The van der Waals surface area contributed by atoms with Gasteiger partial charge in [0, 0.05) is 53.3 Å². The van der Waals surface area contributed by atoms with E-state index < -0.39 is 0 Å². The van der Waals surface area contributed by atoms with E-state index in [2.05, 4.69) is 29.9 Å². The Morgan fingerprint density at radius 3 is 1.18 bits per heavy atom.